The van der Waals surface area contributed by atoms with Crippen LogP contribution in [-0.2, 0) is 4.79 Å². The maximum Gasteiger partial charge on any atom is 0.270 e. The van der Waals surface area contributed by atoms with Crippen molar-refractivity contribution in [2.24, 2.45) is 0 Å². The summed E-state index contributed by atoms with van der Waals surface area (Å²) in [6.45, 7) is 0.726. The lowest BCUT2D eigenvalue weighted by Gasteiger charge is -2.09. The molecule has 1 atom stereocenters. The first-order chi connectivity index (χ1) is 8.40. The molecule has 0 saturated heterocycles. The molecule has 18 heavy (non-hydrogen) atoms. The summed E-state index contributed by atoms with van der Waals surface area (Å²) in [5.41, 5.74) is -0.00906. The van der Waals surface area contributed by atoms with Crippen LogP contribution in [0.4, 0.5) is 13.9 Å². The number of halogens is 2. The van der Waals surface area contributed by atoms with E-state index in [0.29, 0.717) is 0 Å². The molecule has 1 aromatic rings. The second kappa shape index (κ2) is 6.36. The van der Waals surface area contributed by atoms with Gasteiger partial charge in [-0.2, -0.15) is 0 Å². The van der Waals surface area contributed by atoms with E-state index in [1.165, 1.54) is 12.3 Å². The average Bonchev–Trinajstić information content (AvgIpc) is 2.72. The third-order valence-electron chi connectivity index (χ3n) is 1.78. The third kappa shape index (κ3) is 4.34. The molecule has 1 rings (SSSR count). The smallest absolute Gasteiger partial charge is 0.270 e. The second-order valence-electron chi connectivity index (χ2n) is 3.33. The van der Waals surface area contributed by atoms with E-state index in [2.05, 4.69) is 15.6 Å². The van der Waals surface area contributed by atoms with E-state index in [0.717, 1.165) is 11.3 Å². The fourth-order valence-corrected chi connectivity index (χ4v) is 1.70. The van der Waals surface area contributed by atoms with Gasteiger partial charge in [-0.1, -0.05) is 0 Å². The molecule has 1 unspecified atom stereocenters. The van der Waals surface area contributed by atoms with Gasteiger partial charge in [-0.15, -0.1) is 11.3 Å². The van der Waals surface area contributed by atoms with Crippen LogP contribution < -0.4 is 10.6 Å². The third-order valence-corrected chi connectivity index (χ3v) is 2.54. The number of hydrogen-bond donors (Lipinski definition) is 3. The van der Waals surface area contributed by atoms with Gasteiger partial charge >= 0.3 is 0 Å². The van der Waals surface area contributed by atoms with Crippen LogP contribution in [0.1, 0.15) is 17.4 Å². The number of alkyl halides is 2. The van der Waals surface area contributed by atoms with E-state index in [1.807, 2.05) is 0 Å². The highest BCUT2D eigenvalue weighted by atomic mass is 32.1. The highest BCUT2D eigenvalue weighted by Gasteiger charge is 2.18. The van der Waals surface area contributed by atoms with Crippen LogP contribution in [0.25, 0.3) is 0 Å². The molecule has 0 fully saturated rings. The Labute approximate surface area is 105 Å². The molecule has 1 aromatic heterocycles. The standard InChI is InChI=1S/C9H11F2N3O3S/c1-4(15)13-9-14-5(3-18-9)8(17)12-2-6(16)7(10)11/h3,6-7,16H,2H2,1H3,(H,12,17)(H,13,14,15). The van der Waals surface area contributed by atoms with Crippen molar-refractivity contribution in [1.29, 1.82) is 0 Å². The van der Waals surface area contributed by atoms with Gasteiger partial charge in [0.15, 0.2) is 5.13 Å². The van der Waals surface area contributed by atoms with Gasteiger partial charge in [-0.05, 0) is 0 Å². The Morgan fingerprint density at radius 1 is 1.56 bits per heavy atom. The lowest BCUT2D eigenvalue weighted by molar-refractivity contribution is -0.114. The molecule has 0 saturated carbocycles. The Morgan fingerprint density at radius 2 is 2.22 bits per heavy atom. The summed E-state index contributed by atoms with van der Waals surface area (Å²) < 4.78 is 23.9. The Morgan fingerprint density at radius 3 is 2.78 bits per heavy atom. The molecule has 0 aliphatic heterocycles. The van der Waals surface area contributed by atoms with Crippen molar-refractivity contribution in [2.75, 3.05) is 11.9 Å². The van der Waals surface area contributed by atoms with Gasteiger partial charge in [0.05, 0.1) is 0 Å². The van der Waals surface area contributed by atoms with Crippen molar-refractivity contribution in [2.45, 2.75) is 19.5 Å². The molecule has 6 nitrogen and oxygen atoms in total. The van der Waals surface area contributed by atoms with Gasteiger partial charge in [0.1, 0.15) is 11.8 Å². The molecule has 9 heteroatoms. The van der Waals surface area contributed by atoms with Crippen molar-refractivity contribution < 1.29 is 23.5 Å². The van der Waals surface area contributed by atoms with Crippen molar-refractivity contribution in [1.82, 2.24) is 10.3 Å². The van der Waals surface area contributed by atoms with Crippen LogP contribution in [-0.4, -0.2) is 41.0 Å². The maximum atomic E-state index is 12.0. The number of thiazole rings is 1. The van der Waals surface area contributed by atoms with Crippen LogP contribution in [0.15, 0.2) is 5.38 Å². The van der Waals surface area contributed by atoms with Gasteiger partial charge in [-0.3, -0.25) is 9.59 Å². The lowest BCUT2D eigenvalue weighted by Crippen LogP contribution is -2.35. The molecule has 0 radical (unpaired) electrons. The van der Waals surface area contributed by atoms with Gasteiger partial charge < -0.3 is 15.7 Å². The van der Waals surface area contributed by atoms with E-state index in [-0.39, 0.29) is 16.7 Å². The molecule has 0 spiro atoms. The number of nitrogens with one attached hydrogen (secondary N) is 2. The first kappa shape index (κ1) is 14.5. The number of rotatable bonds is 5. The fraction of sp³-hybridized carbons (Fsp3) is 0.444. The Kier molecular flexibility index (Phi) is 5.10. The number of carbonyl (C=O) groups excluding carboxylic acids is 2. The average molecular weight is 279 g/mol. The quantitative estimate of drug-likeness (QED) is 0.730. The predicted molar refractivity (Wildman–Crippen MR) is 60.8 cm³/mol. The molecule has 0 aliphatic carbocycles. The number of anilines is 1. The number of hydrogen-bond acceptors (Lipinski definition) is 5. The van der Waals surface area contributed by atoms with E-state index < -0.39 is 25.0 Å². The Hall–Kier alpha value is -1.61. The molecule has 3 N–H and O–H groups in total. The van der Waals surface area contributed by atoms with Crippen LogP contribution in [0.3, 0.4) is 0 Å². The summed E-state index contributed by atoms with van der Waals surface area (Å²) in [6.07, 6.45) is -4.84. The molecule has 0 bridgehead atoms. The fourth-order valence-electron chi connectivity index (χ4n) is 0.963. The summed E-state index contributed by atoms with van der Waals surface area (Å²) >= 11 is 1.03. The van der Waals surface area contributed by atoms with Gasteiger partial charge in [0.25, 0.3) is 12.3 Å². The Bertz CT molecular complexity index is 438. The molecule has 100 valence electrons. The van der Waals surface area contributed by atoms with Crippen LogP contribution in [0.5, 0.6) is 0 Å². The largest absolute Gasteiger partial charge is 0.385 e. The lowest BCUT2D eigenvalue weighted by atomic mass is 10.3. The summed E-state index contributed by atoms with van der Waals surface area (Å²) in [4.78, 5) is 25.9. The maximum absolute atomic E-state index is 12.0. The number of carbonyl (C=O) groups is 2. The molecule has 0 aliphatic rings. The zero-order valence-corrected chi connectivity index (χ0v) is 10.1. The zero-order valence-electron chi connectivity index (χ0n) is 9.31. The summed E-state index contributed by atoms with van der Waals surface area (Å²) in [5.74, 6) is -1.02. The van der Waals surface area contributed by atoms with E-state index in [4.69, 9.17) is 5.11 Å². The van der Waals surface area contributed by atoms with Crippen molar-refractivity contribution in [3.05, 3.63) is 11.1 Å². The first-order valence-corrected chi connectivity index (χ1v) is 5.75. The summed E-state index contributed by atoms with van der Waals surface area (Å²) in [7, 11) is 0. The number of aliphatic hydroxyl groups excluding tert-OH is 1. The first-order valence-electron chi connectivity index (χ1n) is 4.87. The van der Waals surface area contributed by atoms with Gasteiger partial charge in [0, 0.05) is 18.8 Å². The molecule has 2 amide bonds. The minimum Gasteiger partial charge on any atom is -0.385 e. The van der Waals surface area contributed by atoms with Gasteiger partial charge in [-0.25, -0.2) is 13.8 Å². The Balaban J connectivity index is 2.51. The second-order valence-corrected chi connectivity index (χ2v) is 4.19. The van der Waals surface area contributed by atoms with Crippen molar-refractivity contribution >= 4 is 28.3 Å². The van der Waals surface area contributed by atoms with Crippen molar-refractivity contribution in [3.8, 4) is 0 Å². The van der Waals surface area contributed by atoms with Crippen LogP contribution in [0, 0.1) is 0 Å². The zero-order chi connectivity index (χ0) is 13.7. The van der Waals surface area contributed by atoms with Crippen LogP contribution >= 0.6 is 11.3 Å². The monoisotopic (exact) mass is 279 g/mol. The minimum atomic E-state index is -2.92. The summed E-state index contributed by atoms with van der Waals surface area (Å²) in [5, 5.41) is 14.9. The predicted octanol–water partition coefficient (Wildman–Crippen LogP) is 0.457. The topological polar surface area (TPSA) is 91.3 Å². The number of amides is 2. The van der Waals surface area contributed by atoms with Crippen LogP contribution in [0.2, 0.25) is 0 Å². The molecule has 0 aromatic carbocycles. The van der Waals surface area contributed by atoms with E-state index in [1.54, 1.807) is 0 Å². The number of aliphatic hydroxyl groups is 1. The molecular formula is C9H11F2N3O3S. The molecular weight excluding hydrogens is 268 g/mol. The van der Waals surface area contributed by atoms with E-state index in [9.17, 15) is 18.4 Å². The highest BCUT2D eigenvalue weighted by molar-refractivity contribution is 7.14. The highest BCUT2D eigenvalue weighted by Crippen LogP contribution is 2.15. The number of nitrogens with zero attached hydrogens (tertiary/aromatic N) is 1. The SMILES string of the molecule is CC(=O)Nc1nc(C(=O)NCC(O)C(F)F)cs1. The summed E-state index contributed by atoms with van der Waals surface area (Å²) in [6, 6.07) is 0. The van der Waals surface area contributed by atoms with E-state index >= 15 is 0 Å². The van der Waals surface area contributed by atoms with Crippen molar-refractivity contribution in [3.63, 3.8) is 0 Å². The molecule has 1 heterocycles. The normalized spacial score (nSPS) is 12.3. The number of aromatic nitrogens is 1. The minimum absolute atomic E-state index is 0.00906. The van der Waals surface area contributed by atoms with Gasteiger partial charge in [0.2, 0.25) is 5.91 Å².